The van der Waals surface area contributed by atoms with Crippen LogP contribution in [0.15, 0.2) is 41.2 Å². The maximum Gasteiger partial charge on any atom is 0.326 e. The second-order valence-electron chi connectivity index (χ2n) is 6.81. The molecule has 0 spiro atoms. The van der Waals surface area contributed by atoms with Crippen LogP contribution in [-0.4, -0.2) is 35.7 Å². The molecule has 0 amide bonds. The molecule has 0 atom stereocenters. The van der Waals surface area contributed by atoms with Crippen LogP contribution in [0.1, 0.15) is 13.3 Å². The highest BCUT2D eigenvalue weighted by molar-refractivity contribution is 5.90. The molecule has 2 heterocycles. The molecule has 1 aromatic heterocycles. The Bertz CT molecular complexity index is 1000. The molecule has 2 aromatic carbocycles. The molecule has 0 saturated carbocycles. The largest absolute Gasteiger partial charge is 0.367 e. The van der Waals surface area contributed by atoms with Crippen LogP contribution in [0.3, 0.4) is 0 Å². The molecule has 3 N–H and O–H groups in total. The van der Waals surface area contributed by atoms with Gasteiger partial charge >= 0.3 is 5.69 Å². The van der Waals surface area contributed by atoms with Crippen LogP contribution < -0.4 is 21.2 Å². The predicted octanol–water partition coefficient (Wildman–Crippen LogP) is 3.03. The Balaban J connectivity index is 1.84. The van der Waals surface area contributed by atoms with Crippen LogP contribution in [-0.2, 0) is 6.54 Å². The fourth-order valence-corrected chi connectivity index (χ4v) is 3.61. The van der Waals surface area contributed by atoms with E-state index in [9.17, 15) is 9.18 Å². The molecule has 3 aromatic rings. The Morgan fingerprint density at radius 2 is 1.93 bits per heavy atom. The van der Waals surface area contributed by atoms with Gasteiger partial charge in [-0.1, -0.05) is 19.1 Å². The number of rotatable bonds is 5. The van der Waals surface area contributed by atoms with Crippen LogP contribution >= 0.6 is 0 Å². The summed E-state index contributed by atoms with van der Waals surface area (Å²) in [6.07, 6.45) is 0.880. The van der Waals surface area contributed by atoms with Gasteiger partial charge in [0.1, 0.15) is 5.82 Å². The summed E-state index contributed by atoms with van der Waals surface area (Å²) in [4.78, 5) is 17.5. The average Bonchev–Trinajstić information content (AvgIpc) is 2.98. The topological polar surface area (TPSA) is 65.1 Å². The number of piperazine rings is 1. The molecule has 0 bridgehead atoms. The van der Waals surface area contributed by atoms with Crippen molar-refractivity contribution in [2.75, 3.05) is 36.4 Å². The first-order valence-electron chi connectivity index (χ1n) is 9.41. The molecular formula is C20H24FN5O. The molecule has 1 aliphatic heterocycles. The number of aryl methyl sites for hydroxylation is 1. The molecule has 1 saturated heterocycles. The number of halogens is 1. The summed E-state index contributed by atoms with van der Waals surface area (Å²) in [5.41, 5.74) is 3.72. The lowest BCUT2D eigenvalue weighted by atomic mass is 10.1. The summed E-state index contributed by atoms with van der Waals surface area (Å²) < 4.78 is 16.0. The van der Waals surface area contributed by atoms with E-state index in [2.05, 4.69) is 27.4 Å². The van der Waals surface area contributed by atoms with Crippen LogP contribution in [0.2, 0.25) is 0 Å². The predicted molar refractivity (Wildman–Crippen MR) is 108 cm³/mol. The molecule has 0 aliphatic carbocycles. The Morgan fingerprint density at radius 3 is 2.67 bits per heavy atom. The first kappa shape index (κ1) is 17.6. The summed E-state index contributed by atoms with van der Waals surface area (Å²) in [5.74, 6) is -0.305. The van der Waals surface area contributed by atoms with Gasteiger partial charge in [0.25, 0.3) is 0 Å². The van der Waals surface area contributed by atoms with E-state index in [1.165, 1.54) is 6.07 Å². The van der Waals surface area contributed by atoms with E-state index in [1.807, 2.05) is 12.1 Å². The number of imidazole rings is 1. The van der Waals surface area contributed by atoms with Gasteiger partial charge in [-0.2, -0.15) is 0 Å². The Kier molecular flexibility index (Phi) is 4.85. The molecule has 7 heteroatoms. The highest BCUT2D eigenvalue weighted by Crippen LogP contribution is 2.33. The number of para-hydroxylation sites is 1. The normalized spacial score (nSPS) is 14.7. The maximum atomic E-state index is 14.2. The maximum absolute atomic E-state index is 14.2. The van der Waals surface area contributed by atoms with Crippen molar-refractivity contribution < 1.29 is 4.39 Å². The number of hydrogen-bond acceptors (Lipinski definition) is 4. The molecule has 27 heavy (non-hydrogen) atoms. The minimum absolute atomic E-state index is 0.110. The second kappa shape index (κ2) is 7.44. The number of aromatic amines is 1. The van der Waals surface area contributed by atoms with E-state index in [-0.39, 0.29) is 11.5 Å². The monoisotopic (exact) mass is 369 g/mol. The van der Waals surface area contributed by atoms with Crippen molar-refractivity contribution in [3.63, 3.8) is 0 Å². The number of anilines is 3. The van der Waals surface area contributed by atoms with Gasteiger partial charge in [0.15, 0.2) is 0 Å². The molecule has 6 nitrogen and oxygen atoms in total. The molecule has 1 fully saturated rings. The summed E-state index contributed by atoms with van der Waals surface area (Å²) >= 11 is 0. The minimum Gasteiger partial charge on any atom is -0.367 e. The van der Waals surface area contributed by atoms with Crippen molar-refractivity contribution in [3.8, 4) is 0 Å². The van der Waals surface area contributed by atoms with E-state index >= 15 is 0 Å². The molecule has 0 radical (unpaired) electrons. The quantitative estimate of drug-likeness (QED) is 0.647. The lowest BCUT2D eigenvalue weighted by molar-refractivity contribution is 0.589. The third kappa shape index (κ3) is 3.42. The van der Waals surface area contributed by atoms with Crippen LogP contribution in [0.25, 0.3) is 11.0 Å². The van der Waals surface area contributed by atoms with Crippen molar-refractivity contribution in [3.05, 3.63) is 52.7 Å². The zero-order valence-electron chi connectivity index (χ0n) is 15.4. The summed E-state index contributed by atoms with van der Waals surface area (Å²) in [6, 6.07) is 10.6. The number of nitrogens with one attached hydrogen (secondary N) is 3. The fourth-order valence-electron chi connectivity index (χ4n) is 3.61. The van der Waals surface area contributed by atoms with E-state index in [0.717, 1.165) is 55.0 Å². The Hall–Kier alpha value is -2.80. The third-order valence-corrected chi connectivity index (χ3v) is 4.94. The molecule has 1 aliphatic rings. The summed E-state index contributed by atoms with van der Waals surface area (Å²) in [6.45, 7) is 6.23. The van der Waals surface area contributed by atoms with Crippen molar-refractivity contribution in [1.29, 1.82) is 0 Å². The van der Waals surface area contributed by atoms with Gasteiger partial charge in [0.05, 0.1) is 28.1 Å². The third-order valence-electron chi connectivity index (χ3n) is 4.94. The molecule has 4 rings (SSSR count). The molecular weight excluding hydrogens is 345 g/mol. The van der Waals surface area contributed by atoms with Gasteiger partial charge in [-0.3, -0.25) is 4.57 Å². The highest BCUT2D eigenvalue weighted by atomic mass is 19.1. The van der Waals surface area contributed by atoms with E-state index in [0.29, 0.717) is 12.2 Å². The van der Waals surface area contributed by atoms with E-state index < -0.39 is 0 Å². The van der Waals surface area contributed by atoms with Crippen LogP contribution in [0.4, 0.5) is 21.5 Å². The van der Waals surface area contributed by atoms with Gasteiger partial charge < -0.3 is 20.5 Å². The Labute approximate surface area is 157 Å². The SMILES string of the molecule is CCCn1c(=O)[nH]c2cc(Nc3ccccc3F)c(N3CCNCC3)cc21. The number of fused-ring (bicyclic) bond motifs is 1. The number of aromatic nitrogens is 2. The number of H-pyrrole nitrogens is 1. The van der Waals surface area contributed by atoms with Gasteiger partial charge in [-0.05, 0) is 30.7 Å². The van der Waals surface area contributed by atoms with Crippen molar-refractivity contribution in [1.82, 2.24) is 14.9 Å². The zero-order chi connectivity index (χ0) is 18.8. The first-order valence-corrected chi connectivity index (χ1v) is 9.41. The number of hydrogen-bond donors (Lipinski definition) is 3. The van der Waals surface area contributed by atoms with Gasteiger partial charge in [0.2, 0.25) is 0 Å². The molecule has 0 unspecified atom stereocenters. The van der Waals surface area contributed by atoms with E-state index in [4.69, 9.17) is 0 Å². The average molecular weight is 369 g/mol. The van der Waals surface area contributed by atoms with Crippen molar-refractivity contribution in [2.24, 2.45) is 0 Å². The fraction of sp³-hybridized carbons (Fsp3) is 0.350. The van der Waals surface area contributed by atoms with Gasteiger partial charge in [0, 0.05) is 32.7 Å². The van der Waals surface area contributed by atoms with Crippen molar-refractivity contribution >= 4 is 28.1 Å². The van der Waals surface area contributed by atoms with Crippen LogP contribution in [0.5, 0.6) is 0 Å². The van der Waals surface area contributed by atoms with Crippen molar-refractivity contribution in [2.45, 2.75) is 19.9 Å². The van der Waals surface area contributed by atoms with Gasteiger partial charge in [-0.15, -0.1) is 0 Å². The number of nitrogens with zero attached hydrogens (tertiary/aromatic N) is 2. The second-order valence-corrected chi connectivity index (χ2v) is 6.81. The highest BCUT2D eigenvalue weighted by Gasteiger charge is 2.18. The minimum atomic E-state index is -0.305. The summed E-state index contributed by atoms with van der Waals surface area (Å²) in [7, 11) is 0. The van der Waals surface area contributed by atoms with Crippen LogP contribution in [0, 0.1) is 5.82 Å². The van der Waals surface area contributed by atoms with Gasteiger partial charge in [-0.25, -0.2) is 9.18 Å². The first-order chi connectivity index (χ1) is 13.2. The zero-order valence-corrected chi connectivity index (χ0v) is 15.4. The lowest BCUT2D eigenvalue weighted by Crippen LogP contribution is -2.43. The van der Waals surface area contributed by atoms with E-state index in [1.54, 1.807) is 22.8 Å². The lowest BCUT2D eigenvalue weighted by Gasteiger charge is -2.31. The smallest absolute Gasteiger partial charge is 0.326 e. The number of benzene rings is 2. The Morgan fingerprint density at radius 1 is 1.15 bits per heavy atom. The standard InChI is InChI=1S/C20H24FN5O/c1-2-9-26-19-13-18(25-10-7-22-8-11-25)16(12-17(19)24-20(26)27)23-15-6-4-3-5-14(15)21/h3-6,12-13,22-23H,2,7-11H2,1H3,(H,24,27). The molecule has 142 valence electrons. The summed E-state index contributed by atoms with van der Waals surface area (Å²) in [5, 5.41) is 6.57.